The molecule has 0 amide bonds. The first-order valence-corrected chi connectivity index (χ1v) is 17.4. The average molecular weight is 441 g/mol. The minimum Gasteiger partial charge on any atom is -0.414 e. The Kier molecular flexibility index (Phi) is 12.6. The second-order valence-corrected chi connectivity index (χ2v) is 19.9. The Morgan fingerprint density at radius 2 is 1.52 bits per heavy atom. The normalized spacial score (nSPS) is 17.1. The Balaban J connectivity index is 5.54. The predicted molar refractivity (Wildman–Crippen MR) is 137 cm³/mol. The highest BCUT2D eigenvalue weighted by atomic mass is 28.4. The minimum absolute atomic E-state index is 0.0983. The summed E-state index contributed by atoms with van der Waals surface area (Å²) in [6, 6.07) is 3.65. The number of rotatable bonds is 14. The predicted octanol–water partition coefficient (Wildman–Crippen LogP) is 8.73. The van der Waals surface area contributed by atoms with E-state index in [1.54, 1.807) is 0 Å². The Hall–Kier alpha value is -0.166. The van der Waals surface area contributed by atoms with Gasteiger partial charge in [0.2, 0.25) is 0 Å². The molecule has 0 spiro atoms. The Morgan fingerprint density at radius 1 is 1.00 bits per heavy atom. The van der Waals surface area contributed by atoms with Crippen LogP contribution in [0, 0.1) is 5.92 Å². The Morgan fingerprint density at radius 3 is 1.90 bits per heavy atom. The van der Waals surface area contributed by atoms with Gasteiger partial charge in [-0.25, -0.2) is 0 Å². The quantitative estimate of drug-likeness (QED) is 0.198. The molecule has 0 aromatic rings. The van der Waals surface area contributed by atoms with Crippen LogP contribution < -0.4 is 0 Å². The van der Waals surface area contributed by atoms with Gasteiger partial charge in [-0.1, -0.05) is 79.5 Å². The molecule has 4 heteroatoms. The zero-order chi connectivity index (χ0) is 22.9. The van der Waals surface area contributed by atoms with Crippen molar-refractivity contribution in [1.29, 1.82) is 0 Å². The molecular weight excluding hydrogens is 388 g/mol. The maximum absolute atomic E-state index is 6.87. The lowest BCUT2D eigenvalue weighted by Crippen LogP contribution is -2.45. The van der Waals surface area contributed by atoms with Crippen molar-refractivity contribution >= 4 is 16.6 Å². The molecule has 29 heavy (non-hydrogen) atoms. The van der Waals surface area contributed by atoms with E-state index in [9.17, 15) is 0 Å². The summed E-state index contributed by atoms with van der Waals surface area (Å²) in [7, 11) is -3.43. The standard InChI is InChI=1S/C25H52O2Si2/c1-13-18-23(26-29(15-3,16-4)17-5)19-21(6)20-24(22(7)14-2)27-28(11,12)25(8,9)10/h14,20,22-24H,2,13,15-19H2,1,3-12H3/b21-20+/t22-,23+,24+/m0/s1. The van der Waals surface area contributed by atoms with Gasteiger partial charge in [-0.3, -0.25) is 0 Å². The second-order valence-electron chi connectivity index (χ2n) is 10.4. The molecule has 0 bridgehead atoms. The summed E-state index contributed by atoms with van der Waals surface area (Å²) < 4.78 is 13.7. The summed E-state index contributed by atoms with van der Waals surface area (Å²) in [5, 5.41) is 0.205. The van der Waals surface area contributed by atoms with E-state index in [1.165, 1.54) is 30.1 Å². The summed E-state index contributed by atoms with van der Waals surface area (Å²) in [5.41, 5.74) is 1.40. The van der Waals surface area contributed by atoms with Gasteiger partial charge in [0, 0.05) is 12.0 Å². The molecule has 0 saturated heterocycles. The van der Waals surface area contributed by atoms with Crippen LogP contribution >= 0.6 is 0 Å². The van der Waals surface area contributed by atoms with Crippen LogP contribution in [0.5, 0.6) is 0 Å². The molecule has 0 N–H and O–H groups in total. The van der Waals surface area contributed by atoms with E-state index in [0.717, 1.165) is 12.8 Å². The molecule has 3 atom stereocenters. The fourth-order valence-electron chi connectivity index (χ4n) is 3.53. The molecule has 0 aromatic carbocycles. The van der Waals surface area contributed by atoms with Gasteiger partial charge in [-0.2, -0.15) is 0 Å². The first-order valence-electron chi connectivity index (χ1n) is 12.0. The summed E-state index contributed by atoms with van der Waals surface area (Å²) in [4.78, 5) is 0. The molecule has 172 valence electrons. The summed E-state index contributed by atoms with van der Waals surface area (Å²) in [6.45, 7) is 29.3. The van der Waals surface area contributed by atoms with Crippen molar-refractivity contribution < 1.29 is 8.85 Å². The van der Waals surface area contributed by atoms with Crippen molar-refractivity contribution in [2.75, 3.05) is 0 Å². The van der Waals surface area contributed by atoms with E-state index >= 15 is 0 Å². The molecule has 0 rings (SSSR count). The van der Waals surface area contributed by atoms with Crippen LogP contribution in [0.1, 0.15) is 81.6 Å². The third-order valence-electron chi connectivity index (χ3n) is 7.09. The van der Waals surface area contributed by atoms with Gasteiger partial charge in [0.1, 0.15) is 0 Å². The van der Waals surface area contributed by atoms with Crippen LogP contribution in [0.4, 0.5) is 0 Å². The molecule has 0 aliphatic carbocycles. The van der Waals surface area contributed by atoms with E-state index in [0.29, 0.717) is 12.0 Å². The van der Waals surface area contributed by atoms with Crippen LogP contribution in [0.2, 0.25) is 36.3 Å². The van der Waals surface area contributed by atoms with Crippen molar-refractivity contribution in [3.8, 4) is 0 Å². The number of hydrogen-bond acceptors (Lipinski definition) is 2. The van der Waals surface area contributed by atoms with Gasteiger partial charge in [-0.05, 0) is 56.0 Å². The topological polar surface area (TPSA) is 18.5 Å². The van der Waals surface area contributed by atoms with E-state index in [4.69, 9.17) is 8.85 Å². The van der Waals surface area contributed by atoms with Crippen molar-refractivity contribution in [3.63, 3.8) is 0 Å². The maximum atomic E-state index is 6.87. The van der Waals surface area contributed by atoms with Gasteiger partial charge < -0.3 is 8.85 Å². The lowest BCUT2D eigenvalue weighted by molar-refractivity contribution is 0.171. The molecule has 0 aliphatic rings. The molecule has 0 radical (unpaired) electrons. The summed E-state index contributed by atoms with van der Waals surface area (Å²) in [5.74, 6) is 0.306. The minimum atomic E-state index is -1.84. The highest BCUT2D eigenvalue weighted by molar-refractivity contribution is 6.74. The van der Waals surface area contributed by atoms with Gasteiger partial charge in [0.25, 0.3) is 0 Å². The van der Waals surface area contributed by atoms with E-state index < -0.39 is 16.6 Å². The monoisotopic (exact) mass is 440 g/mol. The highest BCUT2D eigenvalue weighted by Crippen LogP contribution is 2.38. The zero-order valence-corrected chi connectivity index (χ0v) is 23.7. The first kappa shape index (κ1) is 28.8. The lowest BCUT2D eigenvalue weighted by Gasteiger charge is -2.40. The van der Waals surface area contributed by atoms with Crippen LogP contribution in [0.15, 0.2) is 24.3 Å². The highest BCUT2D eigenvalue weighted by Gasteiger charge is 2.39. The molecule has 0 aliphatic heterocycles. The smallest absolute Gasteiger partial charge is 0.192 e. The average Bonchev–Trinajstić information content (AvgIpc) is 2.64. The van der Waals surface area contributed by atoms with E-state index in [-0.39, 0.29) is 11.1 Å². The second kappa shape index (κ2) is 12.6. The van der Waals surface area contributed by atoms with E-state index in [1.807, 2.05) is 6.08 Å². The van der Waals surface area contributed by atoms with Crippen LogP contribution in [0.25, 0.3) is 0 Å². The largest absolute Gasteiger partial charge is 0.414 e. The summed E-state index contributed by atoms with van der Waals surface area (Å²) >= 11 is 0. The van der Waals surface area contributed by atoms with Crippen molar-refractivity contribution in [2.45, 2.75) is 130 Å². The van der Waals surface area contributed by atoms with E-state index in [2.05, 4.69) is 88.1 Å². The third-order valence-corrected chi connectivity index (χ3v) is 16.3. The van der Waals surface area contributed by atoms with Gasteiger partial charge >= 0.3 is 0 Å². The van der Waals surface area contributed by atoms with Crippen LogP contribution in [0.3, 0.4) is 0 Å². The van der Waals surface area contributed by atoms with Gasteiger partial charge in [-0.15, -0.1) is 6.58 Å². The lowest BCUT2D eigenvalue weighted by atomic mass is 9.99. The van der Waals surface area contributed by atoms with Crippen molar-refractivity contribution in [1.82, 2.24) is 0 Å². The van der Waals surface area contributed by atoms with Gasteiger partial charge in [0.05, 0.1) is 6.10 Å². The fraction of sp³-hybridized carbons (Fsp3) is 0.840. The molecule has 2 nitrogen and oxygen atoms in total. The molecule has 0 saturated carbocycles. The fourth-order valence-corrected chi connectivity index (χ4v) is 7.75. The summed E-state index contributed by atoms with van der Waals surface area (Å²) in [6.07, 6.45) is 8.18. The molecule has 0 heterocycles. The molecule has 0 fully saturated rings. The molecular formula is C25H52O2Si2. The first-order chi connectivity index (χ1) is 13.3. The van der Waals surface area contributed by atoms with Crippen LogP contribution in [-0.2, 0) is 8.85 Å². The maximum Gasteiger partial charge on any atom is 0.192 e. The number of hydrogen-bond donors (Lipinski definition) is 0. The van der Waals surface area contributed by atoms with Gasteiger partial charge in [0.15, 0.2) is 16.6 Å². The van der Waals surface area contributed by atoms with Crippen LogP contribution in [-0.4, -0.2) is 28.8 Å². The van der Waals surface area contributed by atoms with Crippen molar-refractivity contribution in [3.05, 3.63) is 24.3 Å². The third kappa shape index (κ3) is 9.24. The zero-order valence-electron chi connectivity index (χ0n) is 21.7. The van der Waals surface area contributed by atoms with Crippen molar-refractivity contribution in [2.24, 2.45) is 5.92 Å². The molecule has 0 unspecified atom stereocenters. The SMILES string of the molecule is C=C[C@H](C)[C@@H](/C=C(\C)C[C@@H](CCC)O[Si](CC)(CC)CC)O[Si](C)(C)C(C)(C)C. The Labute approximate surface area is 185 Å². The Bertz CT molecular complexity index is 493. The molecule has 0 aromatic heterocycles.